The number of hydrogen-bond donors (Lipinski definition) is 1. The van der Waals surface area contributed by atoms with Crippen LogP contribution in [0, 0.1) is 19.8 Å². The summed E-state index contributed by atoms with van der Waals surface area (Å²) in [6.45, 7) is 8.33. The van der Waals surface area contributed by atoms with E-state index in [1.54, 1.807) is 11.3 Å². The van der Waals surface area contributed by atoms with Crippen molar-refractivity contribution in [3.63, 3.8) is 0 Å². The van der Waals surface area contributed by atoms with E-state index < -0.39 is 0 Å². The molecule has 3 aromatic heterocycles. The van der Waals surface area contributed by atoms with Crippen molar-refractivity contribution in [2.75, 3.05) is 0 Å². The summed E-state index contributed by atoms with van der Waals surface area (Å²) >= 11 is 3.07. The maximum Gasteiger partial charge on any atom is 0.260 e. The Balaban J connectivity index is 1.89. The molecular formula is C17H21N3O2S2. The molecule has 0 aliphatic heterocycles. The van der Waals surface area contributed by atoms with Crippen LogP contribution in [0.2, 0.25) is 0 Å². The summed E-state index contributed by atoms with van der Waals surface area (Å²) in [4.78, 5) is 22.2. The van der Waals surface area contributed by atoms with Crippen molar-refractivity contribution in [3.05, 3.63) is 38.3 Å². The van der Waals surface area contributed by atoms with Crippen LogP contribution in [0.15, 0.2) is 20.5 Å². The zero-order valence-electron chi connectivity index (χ0n) is 14.3. The van der Waals surface area contributed by atoms with Gasteiger partial charge in [0, 0.05) is 16.7 Å². The van der Waals surface area contributed by atoms with Gasteiger partial charge in [-0.15, -0.1) is 11.3 Å². The lowest BCUT2D eigenvalue weighted by atomic mass is 9.98. The lowest BCUT2D eigenvalue weighted by Gasteiger charge is -2.08. The quantitative estimate of drug-likeness (QED) is 0.517. The molecule has 128 valence electrons. The summed E-state index contributed by atoms with van der Waals surface area (Å²) in [6.07, 6.45) is 2.03. The Hall–Kier alpha value is -1.60. The molecule has 0 aliphatic carbocycles. The van der Waals surface area contributed by atoms with Gasteiger partial charge in [-0.2, -0.15) is 0 Å². The third-order valence-corrected chi connectivity index (χ3v) is 6.07. The fourth-order valence-corrected chi connectivity index (χ4v) is 4.44. The summed E-state index contributed by atoms with van der Waals surface area (Å²) in [6, 6.07) is 1.89. The van der Waals surface area contributed by atoms with Crippen LogP contribution in [0.3, 0.4) is 0 Å². The van der Waals surface area contributed by atoms with Crippen molar-refractivity contribution in [2.24, 2.45) is 5.92 Å². The normalized spacial score (nSPS) is 12.8. The average molecular weight is 364 g/mol. The molecule has 0 aromatic carbocycles. The lowest BCUT2D eigenvalue weighted by molar-refractivity contribution is 0.393. The number of aromatic amines is 1. The first-order chi connectivity index (χ1) is 11.5. The van der Waals surface area contributed by atoms with Gasteiger partial charge in [0.05, 0.1) is 11.1 Å². The minimum absolute atomic E-state index is 0.0403. The van der Waals surface area contributed by atoms with Crippen LogP contribution in [0.4, 0.5) is 0 Å². The smallest absolute Gasteiger partial charge is 0.260 e. The number of aromatic nitrogens is 3. The van der Waals surface area contributed by atoms with Gasteiger partial charge in [-0.05, 0) is 31.7 Å². The van der Waals surface area contributed by atoms with Crippen LogP contribution in [0.5, 0.6) is 0 Å². The highest BCUT2D eigenvalue weighted by Gasteiger charge is 2.17. The Labute approximate surface area is 148 Å². The van der Waals surface area contributed by atoms with E-state index in [9.17, 15) is 4.79 Å². The molecule has 0 fully saturated rings. The van der Waals surface area contributed by atoms with Crippen molar-refractivity contribution >= 4 is 33.3 Å². The molecule has 24 heavy (non-hydrogen) atoms. The van der Waals surface area contributed by atoms with Crippen LogP contribution >= 0.6 is 23.1 Å². The monoisotopic (exact) mass is 363 g/mol. The first-order valence-corrected chi connectivity index (χ1v) is 9.85. The second-order valence-corrected chi connectivity index (χ2v) is 8.29. The van der Waals surface area contributed by atoms with Crippen LogP contribution < -0.4 is 5.56 Å². The molecular weight excluding hydrogens is 342 g/mol. The van der Waals surface area contributed by atoms with Crippen LogP contribution in [0.1, 0.15) is 42.2 Å². The molecule has 0 saturated heterocycles. The summed E-state index contributed by atoms with van der Waals surface area (Å²) in [7, 11) is 0. The van der Waals surface area contributed by atoms with E-state index in [2.05, 4.69) is 35.9 Å². The van der Waals surface area contributed by atoms with Crippen molar-refractivity contribution in [1.29, 1.82) is 0 Å². The minimum Gasteiger partial charge on any atom is -0.361 e. The average Bonchev–Trinajstić information content (AvgIpc) is 3.09. The molecule has 1 N–H and O–H groups in total. The maximum absolute atomic E-state index is 12.6. The zero-order valence-corrected chi connectivity index (χ0v) is 15.9. The fraction of sp³-hybridized carbons (Fsp3) is 0.471. The highest BCUT2D eigenvalue weighted by Crippen LogP contribution is 2.31. The van der Waals surface area contributed by atoms with E-state index in [1.807, 2.05) is 13.0 Å². The molecule has 5 nitrogen and oxygen atoms in total. The van der Waals surface area contributed by atoms with E-state index >= 15 is 0 Å². The van der Waals surface area contributed by atoms with Crippen molar-refractivity contribution in [3.8, 4) is 0 Å². The predicted molar refractivity (Wildman–Crippen MR) is 98.9 cm³/mol. The van der Waals surface area contributed by atoms with E-state index in [4.69, 9.17) is 4.52 Å². The third kappa shape index (κ3) is 3.57. The Kier molecular flexibility index (Phi) is 5.10. The molecule has 0 spiro atoms. The van der Waals surface area contributed by atoms with E-state index in [0.29, 0.717) is 16.8 Å². The predicted octanol–water partition coefficient (Wildman–Crippen LogP) is 4.47. The highest BCUT2D eigenvalue weighted by atomic mass is 32.2. The number of H-pyrrole nitrogens is 1. The number of fused-ring (bicyclic) bond motifs is 1. The van der Waals surface area contributed by atoms with Crippen LogP contribution in [-0.2, 0) is 12.2 Å². The Morgan fingerprint density at radius 1 is 1.42 bits per heavy atom. The number of aryl methyl sites for hydroxylation is 2. The zero-order chi connectivity index (χ0) is 17.3. The van der Waals surface area contributed by atoms with E-state index in [0.717, 1.165) is 40.1 Å². The number of nitrogens with one attached hydrogen (secondary N) is 1. The molecule has 0 radical (unpaired) electrons. The highest BCUT2D eigenvalue weighted by molar-refractivity contribution is 7.98. The van der Waals surface area contributed by atoms with Crippen LogP contribution in [-0.4, -0.2) is 15.1 Å². The molecule has 3 heterocycles. The van der Waals surface area contributed by atoms with Gasteiger partial charge in [-0.25, -0.2) is 4.98 Å². The largest absolute Gasteiger partial charge is 0.361 e. The van der Waals surface area contributed by atoms with Gasteiger partial charge in [0.2, 0.25) is 0 Å². The van der Waals surface area contributed by atoms with Gasteiger partial charge >= 0.3 is 0 Å². The molecule has 0 amide bonds. The second-order valence-electron chi connectivity index (χ2n) is 6.12. The summed E-state index contributed by atoms with van der Waals surface area (Å²) < 4.78 is 5.06. The topological polar surface area (TPSA) is 71.8 Å². The first-order valence-electron chi connectivity index (χ1n) is 8.05. The molecule has 1 atom stereocenters. The number of hydrogen-bond acceptors (Lipinski definition) is 6. The standard InChI is InChI=1S/C17H21N3O2S2/c1-5-9(2)6-13-11(4)24-16-14(13)15(21)18-17(19-16)23-8-12-7-10(3)22-20-12/h7,9H,5-6,8H2,1-4H3,(H,18,19,21)/t9-/m0/s1. The van der Waals surface area contributed by atoms with Gasteiger partial charge in [0.15, 0.2) is 5.16 Å². The number of nitrogens with zero attached hydrogens (tertiary/aromatic N) is 2. The second kappa shape index (κ2) is 7.11. The molecule has 0 unspecified atom stereocenters. The molecule has 7 heteroatoms. The van der Waals surface area contributed by atoms with Crippen LogP contribution in [0.25, 0.3) is 10.2 Å². The Morgan fingerprint density at radius 3 is 2.88 bits per heavy atom. The first kappa shape index (κ1) is 17.2. The Bertz CT molecular complexity index is 910. The fourth-order valence-electron chi connectivity index (χ4n) is 2.59. The third-order valence-electron chi connectivity index (χ3n) is 4.12. The van der Waals surface area contributed by atoms with Gasteiger partial charge in [0.25, 0.3) is 5.56 Å². The Morgan fingerprint density at radius 2 is 2.21 bits per heavy atom. The number of thioether (sulfide) groups is 1. The molecule has 0 bridgehead atoms. The molecule has 0 aliphatic rings. The lowest BCUT2D eigenvalue weighted by Crippen LogP contribution is -2.11. The van der Waals surface area contributed by atoms with Gasteiger partial charge < -0.3 is 9.51 Å². The molecule has 3 aromatic rings. The minimum atomic E-state index is -0.0403. The number of thiophene rings is 1. The van der Waals surface area contributed by atoms with Gasteiger partial charge in [0.1, 0.15) is 10.6 Å². The van der Waals surface area contributed by atoms with Gasteiger partial charge in [-0.3, -0.25) is 4.79 Å². The summed E-state index contributed by atoms with van der Waals surface area (Å²) in [5.41, 5.74) is 1.96. The summed E-state index contributed by atoms with van der Waals surface area (Å²) in [5, 5.41) is 5.36. The molecule has 3 rings (SSSR count). The van der Waals surface area contributed by atoms with Crippen molar-refractivity contribution < 1.29 is 4.52 Å². The van der Waals surface area contributed by atoms with Crippen molar-refractivity contribution in [1.82, 2.24) is 15.1 Å². The number of rotatable bonds is 6. The van der Waals surface area contributed by atoms with E-state index in [1.165, 1.54) is 16.6 Å². The van der Waals surface area contributed by atoms with Gasteiger partial charge in [-0.1, -0.05) is 37.2 Å². The maximum atomic E-state index is 12.6. The molecule has 0 saturated carbocycles. The van der Waals surface area contributed by atoms with Crippen molar-refractivity contribution in [2.45, 2.75) is 51.4 Å². The summed E-state index contributed by atoms with van der Waals surface area (Å²) in [5.74, 6) is 1.96. The SMILES string of the molecule is CC[C@H](C)Cc1c(C)sc2nc(SCc3cc(C)on3)[nH]c(=O)c12. The van der Waals surface area contributed by atoms with E-state index in [-0.39, 0.29) is 5.56 Å².